The van der Waals surface area contributed by atoms with E-state index < -0.39 is 5.41 Å². The Labute approximate surface area is 316 Å². The van der Waals surface area contributed by atoms with Crippen molar-refractivity contribution in [3.05, 3.63) is 156 Å². The summed E-state index contributed by atoms with van der Waals surface area (Å²) in [5.74, 6) is 2.54. The van der Waals surface area contributed by atoms with Gasteiger partial charge in [0, 0.05) is 16.5 Å². The van der Waals surface area contributed by atoms with E-state index in [9.17, 15) is 20.4 Å². The Morgan fingerprint density at radius 1 is 0.389 bits per heavy atom. The monoisotopic (exact) mass is 726 g/mol. The number of benzene rings is 6. The lowest BCUT2D eigenvalue weighted by Crippen LogP contribution is -2.28. The van der Waals surface area contributed by atoms with E-state index in [0.717, 1.165) is 50.1 Å². The van der Waals surface area contributed by atoms with Gasteiger partial charge in [-0.05, 0) is 94.4 Å². The fraction of sp³-hybridized carbons (Fsp3) is 0.217. The second-order valence-corrected chi connectivity index (χ2v) is 12.8. The first kappa shape index (κ1) is 38.1. The van der Waals surface area contributed by atoms with Crippen LogP contribution in [0.15, 0.2) is 140 Å². The molecule has 0 heterocycles. The molecular formula is C46H46O8. The van der Waals surface area contributed by atoms with Gasteiger partial charge in [0.2, 0.25) is 0 Å². The fourth-order valence-corrected chi connectivity index (χ4v) is 6.66. The zero-order chi connectivity index (χ0) is 37.8. The first-order valence-electron chi connectivity index (χ1n) is 18.1. The topological polar surface area (TPSA) is 118 Å². The van der Waals surface area contributed by atoms with Crippen molar-refractivity contribution in [2.75, 3.05) is 52.9 Å². The molecule has 0 spiro atoms. The van der Waals surface area contributed by atoms with Crippen molar-refractivity contribution < 1.29 is 39.4 Å². The molecule has 0 aromatic heterocycles. The number of aliphatic hydroxyl groups excluding tert-OH is 4. The second kappa shape index (κ2) is 18.4. The molecule has 6 aromatic carbocycles. The highest BCUT2D eigenvalue weighted by Crippen LogP contribution is 2.49. The van der Waals surface area contributed by atoms with Gasteiger partial charge < -0.3 is 39.4 Å². The third-order valence-electron chi connectivity index (χ3n) is 9.40. The smallest absolute Gasteiger partial charge is 0.123 e. The molecule has 0 bridgehead atoms. The lowest BCUT2D eigenvalue weighted by Gasteiger charge is -2.35. The van der Waals surface area contributed by atoms with Crippen LogP contribution in [0.3, 0.4) is 0 Å². The predicted molar refractivity (Wildman–Crippen MR) is 212 cm³/mol. The summed E-state index contributed by atoms with van der Waals surface area (Å²) in [6.07, 6.45) is 0. The third kappa shape index (κ3) is 8.76. The summed E-state index contributed by atoms with van der Waals surface area (Å²) in [6, 6.07) is 46.3. The molecule has 8 heteroatoms. The average Bonchev–Trinajstić information content (AvgIpc) is 3.24. The van der Waals surface area contributed by atoms with E-state index >= 15 is 0 Å². The Balaban J connectivity index is 1.57. The molecule has 0 aliphatic heterocycles. The Bertz CT molecular complexity index is 1950. The molecule has 0 aliphatic rings. The molecule has 0 radical (unpaired) electrons. The average molecular weight is 727 g/mol. The largest absolute Gasteiger partial charge is 0.491 e. The molecular weight excluding hydrogens is 680 g/mol. The molecule has 6 aromatic rings. The summed E-state index contributed by atoms with van der Waals surface area (Å²) < 4.78 is 23.8. The summed E-state index contributed by atoms with van der Waals surface area (Å²) >= 11 is 0. The van der Waals surface area contributed by atoms with E-state index in [4.69, 9.17) is 18.9 Å². The van der Waals surface area contributed by atoms with Crippen LogP contribution >= 0.6 is 0 Å². The molecule has 6 rings (SSSR count). The van der Waals surface area contributed by atoms with Gasteiger partial charge in [0.1, 0.15) is 49.4 Å². The summed E-state index contributed by atoms with van der Waals surface area (Å²) in [7, 11) is 0. The number of aliphatic hydroxyl groups is 4. The number of hydrogen-bond acceptors (Lipinski definition) is 8. The van der Waals surface area contributed by atoms with Crippen LogP contribution in [0.5, 0.6) is 23.0 Å². The van der Waals surface area contributed by atoms with Crippen molar-refractivity contribution >= 4 is 0 Å². The standard InChI is InChI=1S/C46H46O8/c1-46(39-15-7-34(8-16-39)33-5-3-2-4-6-33,42-31-37(13-21-44(42)53-29-25-49)35-9-17-40(18-10-35)51-27-23-47)43-32-38(14-22-45(43)54-30-26-50)36-11-19-41(20-12-36)52-28-24-48/h2-22,31-32,47-50H,23-30H2,1H3. The Morgan fingerprint density at radius 2 is 0.741 bits per heavy atom. The molecule has 4 N–H and O–H groups in total. The van der Waals surface area contributed by atoms with Crippen LogP contribution in [-0.4, -0.2) is 73.3 Å². The highest BCUT2D eigenvalue weighted by atomic mass is 16.5. The van der Waals surface area contributed by atoms with Gasteiger partial charge in [-0.2, -0.15) is 0 Å². The van der Waals surface area contributed by atoms with Crippen LogP contribution in [0.25, 0.3) is 33.4 Å². The first-order chi connectivity index (χ1) is 26.5. The predicted octanol–water partition coefficient (Wildman–Crippen LogP) is 7.53. The van der Waals surface area contributed by atoms with E-state index in [-0.39, 0.29) is 52.9 Å². The molecule has 0 fully saturated rings. The van der Waals surface area contributed by atoms with E-state index in [1.165, 1.54) is 0 Å². The van der Waals surface area contributed by atoms with Crippen LogP contribution in [-0.2, 0) is 5.41 Å². The SMILES string of the molecule is CC(c1ccc(-c2ccccc2)cc1)(c1cc(-c2ccc(OCCO)cc2)ccc1OCCO)c1cc(-c2ccc(OCCO)cc2)ccc1OCCO. The molecule has 278 valence electrons. The van der Waals surface area contributed by atoms with Gasteiger partial charge in [-0.15, -0.1) is 0 Å². The van der Waals surface area contributed by atoms with Crippen molar-refractivity contribution in [3.8, 4) is 56.4 Å². The molecule has 0 atom stereocenters. The van der Waals surface area contributed by atoms with Crippen molar-refractivity contribution in [1.29, 1.82) is 0 Å². The van der Waals surface area contributed by atoms with E-state index in [0.29, 0.717) is 23.0 Å². The fourth-order valence-electron chi connectivity index (χ4n) is 6.66. The second-order valence-electron chi connectivity index (χ2n) is 12.8. The van der Waals surface area contributed by atoms with Crippen molar-refractivity contribution in [3.63, 3.8) is 0 Å². The van der Waals surface area contributed by atoms with Gasteiger partial charge in [-0.3, -0.25) is 0 Å². The number of rotatable bonds is 18. The van der Waals surface area contributed by atoms with Crippen molar-refractivity contribution in [2.45, 2.75) is 12.3 Å². The van der Waals surface area contributed by atoms with Crippen molar-refractivity contribution in [1.82, 2.24) is 0 Å². The van der Waals surface area contributed by atoms with Crippen LogP contribution in [0.4, 0.5) is 0 Å². The minimum absolute atomic E-state index is 0.0686. The quantitative estimate of drug-likeness (QED) is 0.0672. The van der Waals surface area contributed by atoms with Gasteiger partial charge in [0.25, 0.3) is 0 Å². The maximum atomic E-state index is 9.87. The molecule has 0 saturated heterocycles. The van der Waals surface area contributed by atoms with Gasteiger partial charge in [-0.25, -0.2) is 0 Å². The van der Waals surface area contributed by atoms with Gasteiger partial charge in [0.05, 0.1) is 26.4 Å². The van der Waals surface area contributed by atoms with Crippen LogP contribution < -0.4 is 18.9 Å². The lowest BCUT2D eigenvalue weighted by atomic mass is 9.69. The molecule has 0 amide bonds. The van der Waals surface area contributed by atoms with Gasteiger partial charge >= 0.3 is 0 Å². The maximum Gasteiger partial charge on any atom is 0.123 e. The molecule has 0 aliphatic carbocycles. The Hall–Kier alpha value is -5.64. The number of ether oxygens (including phenoxy) is 4. The van der Waals surface area contributed by atoms with E-state index in [1.807, 2.05) is 91.0 Å². The van der Waals surface area contributed by atoms with Crippen LogP contribution in [0.1, 0.15) is 23.6 Å². The minimum atomic E-state index is -0.898. The van der Waals surface area contributed by atoms with E-state index in [2.05, 4.69) is 55.5 Å². The van der Waals surface area contributed by atoms with Crippen LogP contribution in [0, 0.1) is 0 Å². The normalized spacial score (nSPS) is 11.3. The molecule has 54 heavy (non-hydrogen) atoms. The Morgan fingerprint density at radius 3 is 1.17 bits per heavy atom. The summed E-state index contributed by atoms with van der Waals surface area (Å²) in [4.78, 5) is 0. The maximum absolute atomic E-state index is 9.87. The zero-order valence-corrected chi connectivity index (χ0v) is 30.4. The lowest BCUT2D eigenvalue weighted by molar-refractivity contribution is 0.197. The third-order valence-corrected chi connectivity index (χ3v) is 9.40. The van der Waals surface area contributed by atoms with Gasteiger partial charge in [0.15, 0.2) is 0 Å². The summed E-state index contributed by atoms with van der Waals surface area (Å²) in [6.45, 7) is 2.33. The number of hydrogen-bond donors (Lipinski definition) is 4. The van der Waals surface area contributed by atoms with Crippen LogP contribution in [0.2, 0.25) is 0 Å². The summed E-state index contributed by atoms with van der Waals surface area (Å²) in [5.41, 5.74) is 7.74. The molecule has 0 unspecified atom stereocenters. The highest BCUT2D eigenvalue weighted by molar-refractivity contribution is 5.73. The first-order valence-corrected chi connectivity index (χ1v) is 18.1. The van der Waals surface area contributed by atoms with Crippen molar-refractivity contribution in [2.24, 2.45) is 0 Å². The molecule has 8 nitrogen and oxygen atoms in total. The highest BCUT2D eigenvalue weighted by Gasteiger charge is 2.37. The zero-order valence-electron chi connectivity index (χ0n) is 30.4. The Kier molecular flexibility index (Phi) is 13.0. The molecule has 0 saturated carbocycles. The summed E-state index contributed by atoms with van der Waals surface area (Å²) in [5, 5.41) is 38.2. The van der Waals surface area contributed by atoms with E-state index in [1.54, 1.807) is 0 Å². The minimum Gasteiger partial charge on any atom is -0.491 e. The van der Waals surface area contributed by atoms with Gasteiger partial charge in [-0.1, -0.05) is 91.0 Å².